The molecule has 0 radical (unpaired) electrons. The molecular weight excluding hydrogens is 440 g/mol. The van der Waals surface area contributed by atoms with E-state index in [2.05, 4.69) is 0 Å². The number of hydrogen-bond donors (Lipinski definition) is 1. The zero-order valence-corrected chi connectivity index (χ0v) is 20.3. The molecule has 0 spiro atoms. The van der Waals surface area contributed by atoms with E-state index < -0.39 is 5.78 Å². The fourth-order valence-corrected chi connectivity index (χ4v) is 2.99. The van der Waals surface area contributed by atoms with Gasteiger partial charge in [0.05, 0.1) is 0 Å². The van der Waals surface area contributed by atoms with E-state index in [0.29, 0.717) is 23.5 Å². The number of phenols is 1. The van der Waals surface area contributed by atoms with Gasteiger partial charge in [-0.15, -0.1) is 0 Å². The summed E-state index contributed by atoms with van der Waals surface area (Å²) >= 11 is 0. The lowest BCUT2D eigenvalue weighted by molar-refractivity contribution is 0.0441. The molecule has 0 aliphatic rings. The Bertz CT molecular complexity index is 989. The Morgan fingerprint density at radius 2 is 1.53 bits per heavy atom. The van der Waals surface area contributed by atoms with Gasteiger partial charge in [-0.25, -0.2) is 0 Å². The molecule has 1 N–H and O–H groups in total. The van der Waals surface area contributed by atoms with Crippen molar-refractivity contribution in [3.05, 3.63) is 64.7 Å². The molecule has 0 atom stereocenters. The topological polar surface area (TPSA) is 92.7 Å². The van der Waals surface area contributed by atoms with Crippen molar-refractivity contribution in [1.82, 2.24) is 0 Å². The van der Waals surface area contributed by atoms with Gasteiger partial charge in [0.2, 0.25) is 0 Å². The first-order chi connectivity index (χ1) is 16.4. The number of aromatic hydroxyl groups is 1. The first-order valence-electron chi connectivity index (χ1n) is 10.6. The summed E-state index contributed by atoms with van der Waals surface area (Å²) in [6.45, 7) is 3.94. The average molecular weight is 473 g/mol. The van der Waals surface area contributed by atoms with Gasteiger partial charge >= 0.3 is 0 Å². The third-order valence-electron chi connectivity index (χ3n) is 4.59. The molecule has 8 heteroatoms. The second-order valence-electron chi connectivity index (χ2n) is 7.48. The van der Waals surface area contributed by atoms with Gasteiger partial charge < -0.3 is 33.5 Å². The summed E-state index contributed by atoms with van der Waals surface area (Å²) in [5.74, 6) is 0.503. The molecule has 0 fully saturated rings. The van der Waals surface area contributed by atoms with Crippen LogP contribution in [0.3, 0.4) is 0 Å². The van der Waals surface area contributed by atoms with Crippen LogP contribution in [0.1, 0.15) is 35.3 Å². The molecule has 0 aliphatic carbocycles. The molecule has 8 nitrogen and oxygen atoms in total. The molecule has 2 aromatic rings. The minimum atomic E-state index is -0.431. The first-order valence-corrected chi connectivity index (χ1v) is 10.6. The van der Waals surface area contributed by atoms with Crippen LogP contribution in [0.2, 0.25) is 0 Å². The highest BCUT2D eigenvalue weighted by atomic mass is 16.7. The number of ketones is 1. The molecule has 0 unspecified atom stereocenters. The molecule has 184 valence electrons. The fourth-order valence-electron chi connectivity index (χ4n) is 2.99. The number of rotatable bonds is 14. The molecule has 0 aromatic heterocycles. The normalized spacial score (nSPS) is 10.9. The Morgan fingerprint density at radius 1 is 0.912 bits per heavy atom. The standard InChI is InChI=1S/C26H32O8/c1-18(2)6-12-21-24(33-16-30-4)14-23(28)25(26(21)34-17-31-5)22(27)13-9-19-7-10-20(11-8-19)32-15-29-3/h6-11,13-14,28H,12,15-17H2,1-5H3/b13-9+. The molecule has 0 bridgehead atoms. The summed E-state index contributed by atoms with van der Waals surface area (Å²) in [5, 5.41) is 10.7. The number of carbonyl (C=O) groups excluding carboxylic acids is 1. The van der Waals surface area contributed by atoms with Crippen molar-refractivity contribution in [1.29, 1.82) is 0 Å². The third-order valence-corrected chi connectivity index (χ3v) is 4.59. The van der Waals surface area contributed by atoms with E-state index in [1.807, 2.05) is 19.9 Å². The van der Waals surface area contributed by atoms with E-state index in [1.165, 1.54) is 26.4 Å². The molecule has 0 amide bonds. The van der Waals surface area contributed by atoms with Gasteiger partial charge in [0.15, 0.2) is 26.2 Å². The van der Waals surface area contributed by atoms with Crippen LogP contribution in [-0.4, -0.2) is 52.6 Å². The number of carbonyl (C=O) groups is 1. The molecule has 34 heavy (non-hydrogen) atoms. The van der Waals surface area contributed by atoms with Gasteiger partial charge in [-0.2, -0.15) is 0 Å². The number of benzene rings is 2. The van der Waals surface area contributed by atoms with Crippen LogP contribution in [0.5, 0.6) is 23.0 Å². The van der Waals surface area contributed by atoms with E-state index in [-0.39, 0.29) is 37.4 Å². The molecule has 0 heterocycles. The van der Waals surface area contributed by atoms with E-state index in [1.54, 1.807) is 37.5 Å². The minimum absolute atomic E-state index is 0.0234. The molecule has 0 saturated heterocycles. The quantitative estimate of drug-likeness (QED) is 0.182. The van der Waals surface area contributed by atoms with E-state index in [9.17, 15) is 9.90 Å². The van der Waals surface area contributed by atoms with Crippen molar-refractivity contribution >= 4 is 11.9 Å². The Hall–Kier alpha value is -3.33. The molecule has 0 aliphatic heterocycles. The summed E-state index contributed by atoms with van der Waals surface area (Å²) < 4.78 is 31.7. The van der Waals surface area contributed by atoms with Gasteiger partial charge in [-0.05, 0) is 44.0 Å². The zero-order chi connectivity index (χ0) is 24.9. The van der Waals surface area contributed by atoms with Crippen molar-refractivity contribution in [2.75, 3.05) is 41.7 Å². The predicted molar refractivity (Wildman–Crippen MR) is 129 cm³/mol. The maximum absolute atomic E-state index is 13.2. The number of methoxy groups -OCH3 is 3. The van der Waals surface area contributed by atoms with Crippen molar-refractivity contribution in [2.45, 2.75) is 20.3 Å². The summed E-state index contributed by atoms with van der Waals surface area (Å²) in [6, 6.07) is 8.55. The van der Waals surface area contributed by atoms with Crippen molar-refractivity contribution < 1.29 is 38.3 Å². The maximum atomic E-state index is 13.2. The van der Waals surface area contributed by atoms with Crippen LogP contribution in [0, 0.1) is 0 Å². The van der Waals surface area contributed by atoms with Gasteiger partial charge in [-0.1, -0.05) is 29.9 Å². The molecule has 2 aromatic carbocycles. The second kappa shape index (κ2) is 14.0. The van der Waals surface area contributed by atoms with Crippen LogP contribution in [0.25, 0.3) is 6.08 Å². The minimum Gasteiger partial charge on any atom is -0.507 e. The van der Waals surface area contributed by atoms with Crippen molar-refractivity contribution in [3.63, 3.8) is 0 Å². The van der Waals surface area contributed by atoms with E-state index >= 15 is 0 Å². The Morgan fingerprint density at radius 3 is 2.15 bits per heavy atom. The van der Waals surface area contributed by atoms with Crippen LogP contribution in [-0.2, 0) is 20.6 Å². The van der Waals surface area contributed by atoms with Crippen LogP contribution in [0.15, 0.2) is 48.1 Å². The van der Waals surface area contributed by atoms with Crippen LogP contribution >= 0.6 is 0 Å². The third kappa shape index (κ3) is 7.91. The molecular formula is C26H32O8. The number of allylic oxidation sites excluding steroid dienone is 3. The summed E-state index contributed by atoms with van der Waals surface area (Å²) in [5.41, 5.74) is 2.48. The lowest BCUT2D eigenvalue weighted by Crippen LogP contribution is -2.10. The highest BCUT2D eigenvalue weighted by Crippen LogP contribution is 2.40. The maximum Gasteiger partial charge on any atom is 0.193 e. The largest absolute Gasteiger partial charge is 0.507 e. The predicted octanol–water partition coefficient (Wildman–Crippen LogP) is 4.75. The van der Waals surface area contributed by atoms with Crippen LogP contribution < -0.4 is 14.2 Å². The highest BCUT2D eigenvalue weighted by Gasteiger charge is 2.24. The summed E-state index contributed by atoms with van der Waals surface area (Å²) in [7, 11) is 4.52. The number of phenolic OH excluding ortho intramolecular Hbond substituents is 1. The SMILES string of the molecule is COCOc1ccc(/C=C/C(=O)c2c(O)cc(OCOC)c(CC=C(C)C)c2OCOC)cc1. The smallest absolute Gasteiger partial charge is 0.193 e. The van der Waals surface area contributed by atoms with Gasteiger partial charge in [0.1, 0.15) is 28.6 Å². The molecule has 0 saturated carbocycles. The van der Waals surface area contributed by atoms with Gasteiger partial charge in [-0.3, -0.25) is 4.79 Å². The van der Waals surface area contributed by atoms with Gasteiger partial charge in [0, 0.05) is 33.0 Å². The Balaban J connectivity index is 2.44. The second-order valence-corrected chi connectivity index (χ2v) is 7.48. The zero-order valence-electron chi connectivity index (χ0n) is 20.3. The molecule has 2 rings (SSSR count). The Kier molecular flexibility index (Phi) is 11.1. The summed E-state index contributed by atoms with van der Waals surface area (Å²) in [6.07, 6.45) is 5.42. The van der Waals surface area contributed by atoms with Crippen molar-refractivity contribution in [3.8, 4) is 23.0 Å². The number of hydrogen-bond acceptors (Lipinski definition) is 8. The van der Waals surface area contributed by atoms with Crippen molar-refractivity contribution in [2.24, 2.45) is 0 Å². The highest BCUT2D eigenvalue weighted by molar-refractivity contribution is 6.11. The fraction of sp³-hybridized carbons (Fsp3) is 0.346. The lowest BCUT2D eigenvalue weighted by atomic mass is 9.99. The Labute approximate surface area is 200 Å². The average Bonchev–Trinajstić information content (AvgIpc) is 2.83. The first kappa shape index (κ1) is 26.9. The summed E-state index contributed by atoms with van der Waals surface area (Å²) in [4.78, 5) is 13.2. The van der Waals surface area contributed by atoms with Crippen LogP contribution in [0.4, 0.5) is 0 Å². The van der Waals surface area contributed by atoms with E-state index in [0.717, 1.165) is 11.1 Å². The number of ether oxygens (including phenoxy) is 6. The lowest BCUT2D eigenvalue weighted by Gasteiger charge is -2.19. The van der Waals surface area contributed by atoms with Gasteiger partial charge in [0.25, 0.3) is 0 Å². The van der Waals surface area contributed by atoms with E-state index in [4.69, 9.17) is 28.4 Å². The monoisotopic (exact) mass is 472 g/mol.